The van der Waals surface area contributed by atoms with Crippen molar-refractivity contribution in [1.82, 2.24) is 0 Å². The van der Waals surface area contributed by atoms with Gasteiger partial charge in [-0.25, -0.2) is 4.79 Å². The molecule has 0 radical (unpaired) electrons. The van der Waals surface area contributed by atoms with Gasteiger partial charge in [0.2, 0.25) is 5.91 Å². The van der Waals surface area contributed by atoms with Crippen LogP contribution < -0.4 is 9.64 Å². The summed E-state index contributed by atoms with van der Waals surface area (Å²) in [6.07, 6.45) is 3.61. The lowest BCUT2D eigenvalue weighted by molar-refractivity contribution is -0.137. The fourth-order valence-electron chi connectivity index (χ4n) is 4.39. The molecule has 0 saturated heterocycles. The van der Waals surface area contributed by atoms with Crippen LogP contribution >= 0.6 is 35.7 Å². The lowest BCUT2D eigenvalue weighted by Crippen LogP contribution is -2.57. The number of ether oxygens (including phenoxy) is 2. The maximum absolute atomic E-state index is 13.9. The first-order chi connectivity index (χ1) is 16.2. The number of amides is 1. The molecule has 0 atom stereocenters. The van der Waals surface area contributed by atoms with E-state index in [0.29, 0.717) is 22.1 Å². The monoisotopic (exact) mass is 519 g/mol. The summed E-state index contributed by atoms with van der Waals surface area (Å²) in [6.45, 7) is 10.4. The van der Waals surface area contributed by atoms with Gasteiger partial charge in [0.15, 0.2) is 0 Å². The van der Waals surface area contributed by atoms with E-state index in [4.69, 9.17) is 21.7 Å². The molecule has 3 rings (SSSR count). The highest BCUT2D eigenvalue weighted by Gasteiger charge is 2.46. The summed E-state index contributed by atoms with van der Waals surface area (Å²) in [7, 11) is 1.63. The SMILES string of the molecule is CCCC(CCC)C(=O)N1c2ccc(OC)cc2/C(=C2\SC=C(C(=O)OCC)S2)C(=S)C1(C)C. The molecule has 0 unspecified atom stereocenters. The Balaban J connectivity index is 2.15. The molecule has 8 heteroatoms. The molecule has 0 saturated carbocycles. The van der Waals surface area contributed by atoms with E-state index in [0.717, 1.165) is 46.7 Å². The molecule has 184 valence electrons. The van der Waals surface area contributed by atoms with Crippen molar-refractivity contribution < 1.29 is 19.1 Å². The molecule has 2 aliphatic heterocycles. The van der Waals surface area contributed by atoms with Crippen LogP contribution in [0.25, 0.3) is 5.57 Å². The molecule has 0 N–H and O–H groups in total. The Labute approximate surface area is 216 Å². The number of nitrogens with zero attached hydrogens (tertiary/aromatic N) is 1. The number of thiocarbonyl (C=S) groups is 1. The van der Waals surface area contributed by atoms with E-state index in [1.165, 1.54) is 23.5 Å². The Morgan fingerprint density at radius 1 is 1.15 bits per heavy atom. The van der Waals surface area contributed by atoms with Gasteiger partial charge in [0, 0.05) is 17.1 Å². The summed E-state index contributed by atoms with van der Waals surface area (Å²) in [4.78, 5) is 29.4. The number of thioether (sulfide) groups is 2. The van der Waals surface area contributed by atoms with Gasteiger partial charge < -0.3 is 14.4 Å². The van der Waals surface area contributed by atoms with Gasteiger partial charge in [-0.05, 0) is 57.2 Å². The van der Waals surface area contributed by atoms with Crippen LogP contribution in [-0.2, 0) is 14.3 Å². The standard InChI is InChI=1S/C26H33NO4S3/c1-7-10-16(11-8-2)23(28)27-19-13-12-17(30-6)14-18(19)21(22(32)26(27,4)5)25-33-15-20(34-25)24(29)31-9-3/h12-16H,7-11H2,1-6H3/b25-21-. The van der Waals surface area contributed by atoms with E-state index in [1.807, 2.05) is 42.4 Å². The molecule has 2 aliphatic rings. The van der Waals surface area contributed by atoms with Crippen molar-refractivity contribution in [2.75, 3.05) is 18.6 Å². The molecule has 2 heterocycles. The van der Waals surface area contributed by atoms with E-state index in [-0.39, 0.29) is 17.8 Å². The normalized spacial score (nSPS) is 19.2. The molecule has 5 nitrogen and oxygen atoms in total. The van der Waals surface area contributed by atoms with Crippen molar-refractivity contribution in [3.05, 3.63) is 38.3 Å². The molecule has 0 aromatic heterocycles. The van der Waals surface area contributed by atoms with Crippen LogP contribution in [0.3, 0.4) is 0 Å². The van der Waals surface area contributed by atoms with Gasteiger partial charge >= 0.3 is 5.97 Å². The minimum Gasteiger partial charge on any atom is -0.497 e. The van der Waals surface area contributed by atoms with Crippen LogP contribution in [0.2, 0.25) is 0 Å². The number of rotatable bonds is 8. The number of carbonyl (C=O) groups is 2. The predicted octanol–water partition coefficient (Wildman–Crippen LogP) is 6.96. The number of anilines is 1. The first-order valence-corrected chi connectivity index (χ1v) is 13.8. The highest BCUT2D eigenvalue weighted by Crippen LogP contribution is 2.53. The van der Waals surface area contributed by atoms with Crippen LogP contribution in [0.15, 0.2) is 32.7 Å². The summed E-state index contributed by atoms with van der Waals surface area (Å²) in [6, 6.07) is 5.78. The zero-order valence-corrected chi connectivity index (χ0v) is 23.2. The molecule has 1 aromatic carbocycles. The summed E-state index contributed by atoms with van der Waals surface area (Å²) in [5.74, 6) is 0.426. The Morgan fingerprint density at radius 3 is 2.41 bits per heavy atom. The average Bonchev–Trinajstić information content (AvgIpc) is 3.29. The Hall–Kier alpha value is -1.77. The molecule has 0 aliphatic carbocycles. The molecule has 1 amide bonds. The third kappa shape index (κ3) is 5.09. The van der Waals surface area contributed by atoms with Crippen molar-refractivity contribution in [1.29, 1.82) is 0 Å². The minimum absolute atomic E-state index is 0.0476. The fraction of sp³-hybridized carbons (Fsp3) is 0.500. The van der Waals surface area contributed by atoms with Gasteiger partial charge in [-0.15, -0.1) is 0 Å². The zero-order chi connectivity index (χ0) is 25.0. The second-order valence-electron chi connectivity index (χ2n) is 8.80. The van der Waals surface area contributed by atoms with Crippen LogP contribution in [0.5, 0.6) is 5.75 Å². The molecule has 0 bridgehead atoms. The number of methoxy groups -OCH3 is 1. The Kier molecular flexibility index (Phi) is 8.93. The topological polar surface area (TPSA) is 55.8 Å². The van der Waals surface area contributed by atoms with Gasteiger partial charge in [0.05, 0.1) is 34.0 Å². The van der Waals surface area contributed by atoms with E-state index < -0.39 is 5.54 Å². The van der Waals surface area contributed by atoms with Gasteiger partial charge in [0.1, 0.15) is 10.7 Å². The fourth-order valence-corrected chi connectivity index (χ4v) is 7.06. The zero-order valence-electron chi connectivity index (χ0n) is 20.7. The molecular formula is C26H33NO4S3. The van der Waals surface area contributed by atoms with Gasteiger partial charge in [-0.2, -0.15) is 0 Å². The third-order valence-corrected chi connectivity index (χ3v) is 9.11. The first kappa shape index (κ1) is 26.8. The number of fused-ring (bicyclic) bond motifs is 1. The number of esters is 1. The lowest BCUT2D eigenvalue weighted by Gasteiger charge is -2.46. The molecule has 0 fully saturated rings. The van der Waals surface area contributed by atoms with E-state index in [9.17, 15) is 9.59 Å². The maximum atomic E-state index is 13.9. The van der Waals surface area contributed by atoms with Crippen molar-refractivity contribution in [3.8, 4) is 5.75 Å². The molecule has 34 heavy (non-hydrogen) atoms. The first-order valence-electron chi connectivity index (χ1n) is 11.7. The predicted molar refractivity (Wildman–Crippen MR) is 147 cm³/mol. The van der Waals surface area contributed by atoms with E-state index in [2.05, 4.69) is 13.8 Å². The summed E-state index contributed by atoms with van der Waals surface area (Å²) >= 11 is 8.91. The van der Waals surface area contributed by atoms with Gasteiger partial charge in [0.25, 0.3) is 0 Å². The summed E-state index contributed by atoms with van der Waals surface area (Å²) < 4.78 is 11.6. The van der Waals surface area contributed by atoms with Gasteiger partial charge in [-0.1, -0.05) is 62.4 Å². The van der Waals surface area contributed by atoms with Crippen LogP contribution in [0.1, 0.15) is 65.9 Å². The molecular weight excluding hydrogens is 486 g/mol. The molecule has 0 spiro atoms. The largest absolute Gasteiger partial charge is 0.497 e. The van der Waals surface area contributed by atoms with E-state index in [1.54, 1.807) is 14.0 Å². The number of carbonyl (C=O) groups excluding carboxylic acids is 2. The number of benzene rings is 1. The number of hydrogen-bond acceptors (Lipinski definition) is 7. The van der Waals surface area contributed by atoms with Crippen molar-refractivity contribution in [2.45, 2.75) is 65.8 Å². The quantitative estimate of drug-likeness (QED) is 0.209. The third-order valence-electron chi connectivity index (χ3n) is 6.06. The minimum atomic E-state index is -0.704. The smallest absolute Gasteiger partial charge is 0.345 e. The van der Waals surface area contributed by atoms with Crippen molar-refractivity contribution in [2.24, 2.45) is 5.92 Å². The second-order valence-corrected chi connectivity index (χ2v) is 11.4. The second kappa shape index (κ2) is 11.3. The summed E-state index contributed by atoms with van der Waals surface area (Å²) in [5, 5.41) is 1.82. The van der Waals surface area contributed by atoms with Crippen molar-refractivity contribution in [3.63, 3.8) is 0 Å². The lowest BCUT2D eigenvalue weighted by atomic mass is 9.81. The van der Waals surface area contributed by atoms with E-state index >= 15 is 0 Å². The highest BCUT2D eigenvalue weighted by atomic mass is 32.2. The molecule has 1 aromatic rings. The van der Waals surface area contributed by atoms with Crippen molar-refractivity contribution >= 4 is 63.7 Å². The van der Waals surface area contributed by atoms with Gasteiger partial charge in [-0.3, -0.25) is 4.79 Å². The highest BCUT2D eigenvalue weighted by molar-refractivity contribution is 8.28. The average molecular weight is 520 g/mol. The number of hydrogen-bond donors (Lipinski definition) is 0. The van der Waals surface area contributed by atoms with Crippen LogP contribution in [0, 0.1) is 5.92 Å². The summed E-state index contributed by atoms with van der Waals surface area (Å²) in [5.41, 5.74) is 1.86. The maximum Gasteiger partial charge on any atom is 0.345 e. The Morgan fingerprint density at radius 2 is 1.82 bits per heavy atom. The van der Waals surface area contributed by atoms with Crippen LogP contribution in [0.4, 0.5) is 5.69 Å². The van der Waals surface area contributed by atoms with Crippen LogP contribution in [-0.4, -0.2) is 36.0 Å². The Bertz CT molecular complexity index is 1040.